The molecule has 0 fully saturated rings. The van der Waals surface area contributed by atoms with Gasteiger partial charge in [0.1, 0.15) is 11.8 Å². The van der Waals surface area contributed by atoms with Crippen molar-refractivity contribution in [3.63, 3.8) is 0 Å². The first kappa shape index (κ1) is 10.2. The van der Waals surface area contributed by atoms with Gasteiger partial charge in [0.05, 0.1) is 13.4 Å². The van der Waals surface area contributed by atoms with Crippen LogP contribution >= 0.6 is 15.9 Å². The molecule has 78 valence electrons. The largest absolute Gasteiger partial charge is 0.497 e. The number of nitrogens with zero attached hydrogens (tertiary/aromatic N) is 1. The van der Waals surface area contributed by atoms with E-state index in [0.717, 1.165) is 15.8 Å². The van der Waals surface area contributed by atoms with E-state index in [9.17, 15) is 0 Å². The van der Waals surface area contributed by atoms with Crippen molar-refractivity contribution in [3.05, 3.63) is 40.5 Å². The van der Waals surface area contributed by atoms with Gasteiger partial charge in [0.15, 0.2) is 0 Å². The quantitative estimate of drug-likeness (QED) is 0.893. The van der Waals surface area contributed by atoms with E-state index in [1.54, 1.807) is 13.4 Å². The van der Waals surface area contributed by atoms with Crippen molar-refractivity contribution in [2.75, 3.05) is 7.11 Å². The normalized spacial score (nSPS) is 19.3. The van der Waals surface area contributed by atoms with E-state index in [-0.39, 0.29) is 6.04 Å². The number of aliphatic imine (C=N–C) groups is 1. The standard InChI is InChI=1S/C11H11BrN2O/c1-15-9-4-2-8(3-5-9)11-10(12)6-13-7-14-11/h2-7,11H,1H3,(H,13,14). The molecule has 4 heteroatoms. The van der Waals surface area contributed by atoms with Gasteiger partial charge in [-0.2, -0.15) is 0 Å². The third kappa shape index (κ3) is 2.21. The Bertz CT molecular complexity index is 398. The maximum absolute atomic E-state index is 5.11. The van der Waals surface area contributed by atoms with Gasteiger partial charge in [-0.25, -0.2) is 0 Å². The van der Waals surface area contributed by atoms with Crippen molar-refractivity contribution in [2.45, 2.75) is 6.04 Å². The van der Waals surface area contributed by atoms with Crippen LogP contribution in [0.5, 0.6) is 5.75 Å². The van der Waals surface area contributed by atoms with Crippen LogP contribution in [0.1, 0.15) is 11.6 Å². The fourth-order valence-corrected chi connectivity index (χ4v) is 1.93. The van der Waals surface area contributed by atoms with Crippen molar-refractivity contribution in [1.29, 1.82) is 0 Å². The van der Waals surface area contributed by atoms with Gasteiger partial charge in [0.25, 0.3) is 0 Å². The van der Waals surface area contributed by atoms with Crippen LogP contribution in [0.4, 0.5) is 0 Å². The molecule has 0 bridgehead atoms. The summed E-state index contributed by atoms with van der Waals surface area (Å²) in [5.41, 5.74) is 1.14. The van der Waals surface area contributed by atoms with E-state index in [0.29, 0.717) is 0 Å². The molecular formula is C11H11BrN2O. The van der Waals surface area contributed by atoms with Crippen LogP contribution in [0.3, 0.4) is 0 Å². The average molecular weight is 267 g/mol. The van der Waals surface area contributed by atoms with E-state index >= 15 is 0 Å². The third-order valence-corrected chi connectivity index (χ3v) is 2.87. The molecule has 0 aliphatic carbocycles. The maximum Gasteiger partial charge on any atom is 0.118 e. The molecule has 1 aromatic rings. The average Bonchev–Trinajstić information content (AvgIpc) is 2.30. The minimum Gasteiger partial charge on any atom is -0.497 e. The molecule has 0 aromatic heterocycles. The lowest BCUT2D eigenvalue weighted by Gasteiger charge is -2.15. The minimum atomic E-state index is 0.0529. The molecule has 2 rings (SSSR count). The second kappa shape index (κ2) is 4.49. The summed E-state index contributed by atoms with van der Waals surface area (Å²) in [5, 5.41) is 2.93. The highest BCUT2D eigenvalue weighted by Crippen LogP contribution is 2.31. The Morgan fingerprint density at radius 3 is 2.67 bits per heavy atom. The molecular weight excluding hydrogens is 256 g/mol. The number of ether oxygens (including phenoxy) is 1. The Morgan fingerprint density at radius 1 is 1.33 bits per heavy atom. The van der Waals surface area contributed by atoms with Crippen LogP contribution in [-0.4, -0.2) is 13.4 Å². The van der Waals surface area contributed by atoms with E-state index in [1.165, 1.54) is 0 Å². The molecule has 1 aromatic carbocycles. The van der Waals surface area contributed by atoms with Gasteiger partial charge < -0.3 is 10.1 Å². The van der Waals surface area contributed by atoms with Crippen LogP contribution in [0.15, 0.2) is 39.9 Å². The molecule has 15 heavy (non-hydrogen) atoms. The summed E-state index contributed by atoms with van der Waals surface area (Å²) >= 11 is 3.48. The van der Waals surface area contributed by atoms with Crippen LogP contribution in [0, 0.1) is 0 Å². The van der Waals surface area contributed by atoms with E-state index < -0.39 is 0 Å². The van der Waals surface area contributed by atoms with Gasteiger partial charge in [0.2, 0.25) is 0 Å². The van der Waals surface area contributed by atoms with Crippen molar-refractivity contribution in [2.24, 2.45) is 4.99 Å². The van der Waals surface area contributed by atoms with Crippen molar-refractivity contribution in [3.8, 4) is 5.75 Å². The first-order valence-corrected chi connectivity index (χ1v) is 5.38. The summed E-state index contributed by atoms with van der Waals surface area (Å²) in [6.45, 7) is 0. The zero-order valence-electron chi connectivity index (χ0n) is 8.27. The van der Waals surface area contributed by atoms with Gasteiger partial charge in [0, 0.05) is 10.7 Å². The highest BCUT2D eigenvalue weighted by Gasteiger charge is 2.14. The first-order valence-electron chi connectivity index (χ1n) is 4.58. The highest BCUT2D eigenvalue weighted by molar-refractivity contribution is 9.11. The Morgan fingerprint density at radius 2 is 2.07 bits per heavy atom. The topological polar surface area (TPSA) is 33.6 Å². The van der Waals surface area contributed by atoms with Crippen LogP contribution in [0.25, 0.3) is 0 Å². The van der Waals surface area contributed by atoms with E-state index in [4.69, 9.17) is 4.74 Å². The summed E-state index contributed by atoms with van der Waals surface area (Å²) in [6.07, 6.45) is 3.58. The van der Waals surface area contributed by atoms with Gasteiger partial charge >= 0.3 is 0 Å². The Labute approximate surface area is 97.0 Å². The molecule has 0 amide bonds. The molecule has 1 atom stereocenters. The molecule has 0 spiro atoms. The van der Waals surface area contributed by atoms with Gasteiger partial charge in [-0.3, -0.25) is 4.99 Å². The maximum atomic E-state index is 5.11. The molecule has 1 unspecified atom stereocenters. The molecule has 0 saturated heterocycles. The van der Waals surface area contributed by atoms with Crippen molar-refractivity contribution in [1.82, 2.24) is 5.32 Å². The van der Waals surface area contributed by atoms with Gasteiger partial charge in [-0.1, -0.05) is 28.1 Å². The second-order valence-electron chi connectivity index (χ2n) is 3.15. The Balaban J connectivity index is 2.25. The van der Waals surface area contributed by atoms with Crippen LogP contribution in [0.2, 0.25) is 0 Å². The lowest BCUT2D eigenvalue weighted by molar-refractivity contribution is 0.414. The summed E-state index contributed by atoms with van der Waals surface area (Å²) in [5.74, 6) is 0.858. The molecule has 0 saturated carbocycles. The van der Waals surface area contributed by atoms with E-state index in [1.807, 2.05) is 30.5 Å². The number of nitrogens with one attached hydrogen (secondary N) is 1. The first-order chi connectivity index (χ1) is 7.31. The summed E-state index contributed by atoms with van der Waals surface area (Å²) in [7, 11) is 1.66. The predicted octanol–water partition coefficient (Wildman–Crippen LogP) is 2.60. The summed E-state index contributed by atoms with van der Waals surface area (Å²) in [6, 6.07) is 7.96. The minimum absolute atomic E-state index is 0.0529. The lowest BCUT2D eigenvalue weighted by atomic mass is 10.1. The van der Waals surface area contributed by atoms with Gasteiger partial charge in [-0.15, -0.1) is 0 Å². The second-order valence-corrected chi connectivity index (χ2v) is 4.07. The number of rotatable bonds is 2. The zero-order chi connectivity index (χ0) is 10.7. The molecule has 1 N–H and O–H groups in total. The molecule has 1 heterocycles. The third-order valence-electron chi connectivity index (χ3n) is 2.21. The number of hydrogen-bond donors (Lipinski definition) is 1. The highest BCUT2D eigenvalue weighted by atomic mass is 79.9. The number of halogens is 1. The molecule has 1 aliphatic heterocycles. The summed E-state index contributed by atoms with van der Waals surface area (Å²) in [4.78, 5) is 4.34. The van der Waals surface area contributed by atoms with Crippen molar-refractivity contribution < 1.29 is 4.74 Å². The lowest BCUT2D eigenvalue weighted by Crippen LogP contribution is -2.11. The van der Waals surface area contributed by atoms with Crippen LogP contribution < -0.4 is 10.1 Å². The molecule has 3 nitrogen and oxygen atoms in total. The fraction of sp³-hybridized carbons (Fsp3) is 0.182. The molecule has 1 aliphatic rings. The van der Waals surface area contributed by atoms with Gasteiger partial charge in [-0.05, 0) is 17.7 Å². The van der Waals surface area contributed by atoms with Crippen LogP contribution in [-0.2, 0) is 0 Å². The number of benzene rings is 1. The monoisotopic (exact) mass is 266 g/mol. The summed E-state index contributed by atoms with van der Waals surface area (Å²) < 4.78 is 6.13. The Kier molecular flexibility index (Phi) is 3.06. The van der Waals surface area contributed by atoms with E-state index in [2.05, 4.69) is 26.2 Å². The molecule has 0 radical (unpaired) electrons. The fourth-order valence-electron chi connectivity index (χ4n) is 1.42. The number of hydrogen-bond acceptors (Lipinski definition) is 3. The zero-order valence-corrected chi connectivity index (χ0v) is 9.86. The Hall–Kier alpha value is -1.29. The number of methoxy groups -OCH3 is 1. The smallest absolute Gasteiger partial charge is 0.118 e. The SMILES string of the molecule is COc1ccc(C2N=CNC=C2Br)cc1. The predicted molar refractivity (Wildman–Crippen MR) is 64.4 cm³/mol. The van der Waals surface area contributed by atoms with Crippen molar-refractivity contribution >= 4 is 22.3 Å².